The molecule has 21 heavy (non-hydrogen) atoms. The molecule has 0 aliphatic heterocycles. The number of aromatic amines is 1. The number of aromatic nitrogens is 9. The molecule has 0 fully saturated rings. The molecule has 0 radical (unpaired) electrons. The van der Waals surface area contributed by atoms with Crippen molar-refractivity contribution in [3.8, 4) is 0 Å². The third kappa shape index (κ3) is 9.61. The number of aryl methyl sites for hydroxylation is 2. The minimum absolute atomic E-state index is 0.0463. The highest BCUT2D eigenvalue weighted by Gasteiger charge is 1.93. The van der Waals surface area contributed by atoms with Crippen LogP contribution in [0, 0.1) is 0 Å². The fraction of sp³-hybridized carbons (Fsp3) is 0.400. The van der Waals surface area contributed by atoms with Gasteiger partial charge >= 0.3 is 0 Å². The Morgan fingerprint density at radius 1 is 1.29 bits per heavy atom. The molecule has 0 aliphatic rings. The quantitative estimate of drug-likeness (QED) is 0.422. The molecular weight excluding hydrogens is 389 g/mol. The number of nitrogens with zero attached hydrogens (tertiary/aromatic N) is 8. The van der Waals surface area contributed by atoms with Crippen LogP contribution in [0.4, 0.5) is 0 Å². The van der Waals surface area contributed by atoms with E-state index in [2.05, 4.69) is 35.3 Å². The summed E-state index contributed by atoms with van der Waals surface area (Å²) in [5, 5.41) is 21.5. The number of H-pyrrole nitrogens is 1. The van der Waals surface area contributed by atoms with E-state index in [4.69, 9.17) is 17.4 Å². The predicted molar refractivity (Wildman–Crippen MR) is 84.3 cm³/mol. The Bertz CT molecular complexity index is 760. The van der Waals surface area contributed by atoms with E-state index in [1.54, 1.807) is 0 Å². The summed E-state index contributed by atoms with van der Waals surface area (Å²) in [5.74, 6) is 0.0463. The van der Waals surface area contributed by atoms with Crippen molar-refractivity contribution in [1.29, 1.82) is 0 Å². The highest BCUT2D eigenvalue weighted by molar-refractivity contribution is 14.1. The van der Waals surface area contributed by atoms with Crippen LogP contribution in [0.2, 0.25) is 0 Å². The lowest BCUT2D eigenvalue weighted by atomic mass is 10.7. The average Bonchev–Trinajstić information content (AvgIpc) is 3.36. The number of aliphatic hydroxyl groups excluding tert-OH is 1. The zero-order valence-electron chi connectivity index (χ0n) is 19.5. The van der Waals surface area contributed by atoms with Crippen LogP contribution in [0.25, 0.3) is 0 Å². The van der Waals surface area contributed by atoms with Crippen LogP contribution in [0.5, 0.6) is 0 Å². The molecular formula is C10H18IN9O. The van der Waals surface area contributed by atoms with E-state index >= 15 is 0 Å². The molecule has 3 heterocycles. The highest BCUT2D eigenvalue weighted by Crippen LogP contribution is 1.86. The molecule has 3 aromatic heterocycles. The van der Waals surface area contributed by atoms with Crippen LogP contribution in [0.1, 0.15) is 18.2 Å². The van der Waals surface area contributed by atoms with Crippen molar-refractivity contribution in [3.63, 3.8) is 0 Å². The Morgan fingerprint density at radius 2 is 2.14 bits per heavy atom. The lowest BCUT2D eigenvalue weighted by Gasteiger charge is -1.89. The van der Waals surface area contributed by atoms with Crippen molar-refractivity contribution in [2.24, 2.45) is 14.0 Å². The molecule has 0 aromatic carbocycles. The van der Waals surface area contributed by atoms with E-state index < -0.39 is 25.4 Å². The van der Waals surface area contributed by atoms with Crippen molar-refractivity contribution in [2.45, 2.75) is 6.61 Å². The van der Waals surface area contributed by atoms with Crippen molar-refractivity contribution in [2.75, 3.05) is 4.86 Å². The maximum absolute atomic E-state index is 8.60. The van der Waals surface area contributed by atoms with Gasteiger partial charge in [-0.3, -0.25) is 14.5 Å². The van der Waals surface area contributed by atoms with Gasteiger partial charge in [0, 0.05) is 26.3 Å². The van der Waals surface area contributed by atoms with Gasteiger partial charge in [0.05, 0.1) is 0 Å². The minimum Gasteiger partial charge on any atom is -0.388 e. The molecule has 0 bridgehead atoms. The Morgan fingerprint density at radius 3 is 2.48 bits per heavy atom. The fourth-order valence-electron chi connectivity index (χ4n) is 0.748. The number of rotatable bonds is 1. The molecule has 2 N–H and O–H groups in total. The fourth-order valence-corrected chi connectivity index (χ4v) is 0.748. The van der Waals surface area contributed by atoms with Crippen LogP contribution in [-0.4, -0.2) is 54.7 Å². The second-order valence-corrected chi connectivity index (χ2v) is 2.74. The molecule has 0 spiro atoms. The van der Waals surface area contributed by atoms with Crippen LogP contribution >= 0.6 is 22.6 Å². The first-order valence-corrected chi connectivity index (χ1v) is 6.07. The van der Waals surface area contributed by atoms with Gasteiger partial charge in [0.15, 0.2) is 5.82 Å². The van der Waals surface area contributed by atoms with Gasteiger partial charge in [-0.2, -0.15) is 15.3 Å². The molecule has 10 nitrogen and oxygen atoms in total. The lowest BCUT2D eigenvalue weighted by Crippen LogP contribution is -1.97. The van der Waals surface area contributed by atoms with Crippen LogP contribution in [-0.2, 0) is 20.6 Å². The Balaban J connectivity index is 0.000000397. The normalized spacial score (nSPS) is 16.6. The summed E-state index contributed by atoms with van der Waals surface area (Å²) in [6, 6.07) is 0. The molecule has 0 saturated heterocycles. The summed E-state index contributed by atoms with van der Waals surface area (Å²) < 4.78 is 61.4. The number of aliphatic hydroxyl groups is 1. The van der Waals surface area contributed by atoms with E-state index in [1.807, 2.05) is 0 Å². The van der Waals surface area contributed by atoms with Crippen molar-refractivity contribution in [3.05, 3.63) is 37.5 Å². The van der Waals surface area contributed by atoms with E-state index in [9.17, 15) is 0 Å². The molecule has 3 rings (SSSR count). The Labute approximate surface area is 148 Å². The topological polar surface area (TPSA) is 123 Å². The lowest BCUT2D eigenvalue weighted by molar-refractivity contribution is 0.265. The zero-order chi connectivity index (χ0) is 23.4. The summed E-state index contributed by atoms with van der Waals surface area (Å²) >= 11 is 1.38. The number of halogens is 1. The third-order valence-electron chi connectivity index (χ3n) is 1.51. The predicted octanol–water partition coefficient (Wildman–Crippen LogP) is -0.0216. The average molecular weight is 416 g/mol. The van der Waals surface area contributed by atoms with Crippen molar-refractivity contribution in [1.82, 2.24) is 44.7 Å². The standard InChI is InChI=1S/C4H7N3O.C3H5N3.C2H3N3.CH3I/c1-7-4(2-8)5-3-6-7;1-6-3-4-2-5-6;1-3-2-5-4-1;1-2/h3,8H,2H2,1H3;2-3H,1H3;1-2H,(H,3,4,5);1H3/i2*1D3;;1D3. The Hall–Kier alpha value is -1.89. The molecule has 0 saturated carbocycles. The molecule has 116 valence electrons. The SMILES string of the molecule is [2H]C([2H])([2H])I.[2H]C([2H])([2H])n1cncn1.[2H]C([2H])([2H])n1ncnc1CO.c1nc[nH]n1. The Kier molecular flexibility index (Phi) is 5.32. The second-order valence-electron chi connectivity index (χ2n) is 2.74. The second kappa shape index (κ2) is 13.1. The number of nitrogens with one attached hydrogen (secondary N) is 1. The molecule has 11 heteroatoms. The van der Waals surface area contributed by atoms with Crippen LogP contribution in [0.3, 0.4) is 0 Å². The summed E-state index contributed by atoms with van der Waals surface area (Å²) in [4.78, 5) is 8.80. The summed E-state index contributed by atoms with van der Waals surface area (Å²) in [7, 11) is 0. The van der Waals surface area contributed by atoms with Crippen LogP contribution in [0.15, 0.2) is 31.6 Å². The molecule has 0 aliphatic carbocycles. The summed E-state index contributed by atoms with van der Waals surface area (Å²) in [5.41, 5.74) is 0. The van der Waals surface area contributed by atoms with E-state index in [0.717, 1.165) is 17.3 Å². The smallest absolute Gasteiger partial charge is 0.152 e. The van der Waals surface area contributed by atoms with E-state index in [0.29, 0.717) is 4.68 Å². The van der Waals surface area contributed by atoms with Gasteiger partial charge in [-0.15, -0.1) is 0 Å². The van der Waals surface area contributed by atoms with E-state index in [-0.39, 0.29) is 5.82 Å². The molecule has 0 atom stereocenters. The molecule has 0 unspecified atom stereocenters. The third-order valence-corrected chi connectivity index (χ3v) is 1.51. The van der Waals surface area contributed by atoms with Gasteiger partial charge in [-0.1, -0.05) is 22.6 Å². The van der Waals surface area contributed by atoms with Gasteiger partial charge in [0.25, 0.3) is 0 Å². The van der Waals surface area contributed by atoms with Gasteiger partial charge in [-0.05, 0) is 4.86 Å². The highest BCUT2D eigenvalue weighted by atomic mass is 127. The summed E-state index contributed by atoms with van der Waals surface area (Å²) in [6.07, 6.45) is 6.40. The summed E-state index contributed by atoms with van der Waals surface area (Å²) in [6.45, 7) is -4.95. The van der Waals surface area contributed by atoms with Gasteiger partial charge in [-0.25, -0.2) is 15.0 Å². The monoisotopic (exact) mass is 416 g/mol. The molecule has 0 amide bonds. The largest absolute Gasteiger partial charge is 0.388 e. The zero-order valence-corrected chi connectivity index (χ0v) is 12.7. The van der Waals surface area contributed by atoms with Gasteiger partial charge in [0.1, 0.15) is 38.2 Å². The molecule has 3 aromatic rings. The van der Waals surface area contributed by atoms with Gasteiger partial charge < -0.3 is 5.11 Å². The maximum Gasteiger partial charge on any atom is 0.152 e. The van der Waals surface area contributed by atoms with Crippen molar-refractivity contribution >= 4 is 22.6 Å². The maximum atomic E-state index is 8.60. The minimum atomic E-state index is -2.35. The van der Waals surface area contributed by atoms with Gasteiger partial charge in [0.2, 0.25) is 0 Å². The first-order valence-electron chi connectivity index (χ1n) is 9.49. The first-order chi connectivity index (χ1) is 13.7. The van der Waals surface area contributed by atoms with Crippen LogP contribution < -0.4 is 0 Å². The first kappa shape index (κ1) is 8.53. The number of hydrogen-bond donors (Lipinski definition) is 2. The number of alkyl halides is 1. The van der Waals surface area contributed by atoms with Crippen molar-refractivity contribution < 1.29 is 17.4 Å². The number of hydrogen-bond acceptors (Lipinski definition) is 7. The van der Waals surface area contributed by atoms with E-state index in [1.165, 1.54) is 41.6 Å².